The fourth-order valence-corrected chi connectivity index (χ4v) is 0.851. The summed E-state index contributed by atoms with van der Waals surface area (Å²) >= 11 is 0. The molecule has 0 aromatic rings. The Morgan fingerprint density at radius 2 is 2.43 bits per heavy atom. The topological polar surface area (TPSA) is 17.1 Å². The average molecular weight is 98.1 g/mol. The third-order valence-electron chi connectivity index (χ3n) is 1.68. The molecule has 2 atom stereocenters. The van der Waals surface area contributed by atoms with Gasteiger partial charge in [-0.15, -0.1) is 0 Å². The van der Waals surface area contributed by atoms with Gasteiger partial charge in [0.15, 0.2) is 0 Å². The van der Waals surface area contributed by atoms with E-state index in [4.69, 9.17) is 0 Å². The molecular weight excluding hydrogens is 88.1 g/mol. The number of carbonyl (C=O) groups excluding carboxylic acids is 1. The standard InChI is InChI=1S/C6H10O/c1-5-4-6(5)2-3-7/h3,5-6H,2,4H2,1H3/t5-,6?/m1/s1. The second kappa shape index (κ2) is 1.65. The Morgan fingerprint density at radius 3 is 2.57 bits per heavy atom. The zero-order valence-corrected chi connectivity index (χ0v) is 4.55. The molecule has 0 radical (unpaired) electrons. The van der Waals surface area contributed by atoms with Crippen LogP contribution in [-0.2, 0) is 4.79 Å². The van der Waals surface area contributed by atoms with E-state index in [1.807, 2.05) is 0 Å². The zero-order valence-electron chi connectivity index (χ0n) is 4.55. The summed E-state index contributed by atoms with van der Waals surface area (Å²) in [4.78, 5) is 9.80. The first-order valence-corrected chi connectivity index (χ1v) is 2.78. The minimum Gasteiger partial charge on any atom is -0.303 e. The van der Waals surface area contributed by atoms with Crippen LogP contribution in [0.5, 0.6) is 0 Å². The van der Waals surface area contributed by atoms with E-state index >= 15 is 0 Å². The van der Waals surface area contributed by atoms with Crippen LogP contribution in [0.4, 0.5) is 0 Å². The minimum absolute atomic E-state index is 0.748. The third-order valence-corrected chi connectivity index (χ3v) is 1.68. The van der Waals surface area contributed by atoms with Gasteiger partial charge < -0.3 is 4.79 Å². The van der Waals surface area contributed by atoms with Crippen molar-refractivity contribution in [1.82, 2.24) is 0 Å². The van der Waals surface area contributed by atoms with Crippen molar-refractivity contribution in [3.8, 4) is 0 Å². The normalized spacial score (nSPS) is 37.9. The lowest BCUT2D eigenvalue weighted by Gasteiger charge is -1.78. The van der Waals surface area contributed by atoms with Crippen LogP contribution in [0.3, 0.4) is 0 Å². The largest absolute Gasteiger partial charge is 0.303 e. The lowest BCUT2D eigenvalue weighted by Crippen LogP contribution is -1.77. The summed E-state index contributed by atoms with van der Waals surface area (Å²) in [5, 5.41) is 0. The summed E-state index contributed by atoms with van der Waals surface area (Å²) in [6.07, 6.45) is 3.09. The Bertz CT molecular complexity index is 78.2. The van der Waals surface area contributed by atoms with E-state index < -0.39 is 0 Å². The molecule has 0 aromatic carbocycles. The molecule has 1 aliphatic carbocycles. The predicted octanol–water partition coefficient (Wildman–Crippen LogP) is 1.23. The Balaban J connectivity index is 2.08. The summed E-state index contributed by atoms with van der Waals surface area (Å²) in [5.41, 5.74) is 0. The number of hydrogen-bond acceptors (Lipinski definition) is 1. The molecule has 1 unspecified atom stereocenters. The number of rotatable bonds is 2. The van der Waals surface area contributed by atoms with Gasteiger partial charge in [-0.25, -0.2) is 0 Å². The van der Waals surface area contributed by atoms with E-state index in [2.05, 4.69) is 6.92 Å². The average Bonchev–Trinajstić information content (AvgIpc) is 2.22. The molecule has 1 rings (SSSR count). The van der Waals surface area contributed by atoms with Crippen molar-refractivity contribution >= 4 is 6.29 Å². The van der Waals surface area contributed by atoms with Gasteiger partial charge in [0.25, 0.3) is 0 Å². The highest BCUT2D eigenvalue weighted by atomic mass is 16.1. The molecule has 0 N–H and O–H groups in total. The highest BCUT2D eigenvalue weighted by molar-refractivity contribution is 5.50. The number of aldehydes is 1. The van der Waals surface area contributed by atoms with E-state index in [9.17, 15) is 4.79 Å². The quantitative estimate of drug-likeness (QED) is 0.475. The van der Waals surface area contributed by atoms with E-state index in [0.29, 0.717) is 0 Å². The Hall–Kier alpha value is -0.330. The van der Waals surface area contributed by atoms with Crippen LogP contribution in [-0.4, -0.2) is 6.29 Å². The van der Waals surface area contributed by atoms with Crippen molar-refractivity contribution in [3.05, 3.63) is 0 Å². The lowest BCUT2D eigenvalue weighted by molar-refractivity contribution is -0.108. The minimum atomic E-state index is 0.748. The summed E-state index contributed by atoms with van der Waals surface area (Å²) in [5.74, 6) is 1.59. The van der Waals surface area contributed by atoms with Crippen LogP contribution in [0.15, 0.2) is 0 Å². The van der Waals surface area contributed by atoms with Gasteiger partial charge in [-0.3, -0.25) is 0 Å². The molecule has 1 heteroatoms. The smallest absolute Gasteiger partial charge is 0.120 e. The fourth-order valence-electron chi connectivity index (χ4n) is 0.851. The van der Waals surface area contributed by atoms with Crippen molar-refractivity contribution in [2.75, 3.05) is 0 Å². The van der Waals surface area contributed by atoms with Gasteiger partial charge in [-0.05, 0) is 18.3 Å². The molecule has 0 aromatic heterocycles. The highest BCUT2D eigenvalue weighted by Crippen LogP contribution is 2.39. The van der Waals surface area contributed by atoms with E-state index in [-0.39, 0.29) is 0 Å². The van der Waals surface area contributed by atoms with Crippen molar-refractivity contribution in [3.63, 3.8) is 0 Å². The fraction of sp³-hybridized carbons (Fsp3) is 0.833. The molecule has 1 nitrogen and oxygen atoms in total. The SMILES string of the molecule is C[C@@H]1CC1CC=O. The lowest BCUT2D eigenvalue weighted by atomic mass is 10.3. The summed E-state index contributed by atoms with van der Waals surface area (Å²) in [7, 11) is 0. The molecule has 0 saturated heterocycles. The van der Waals surface area contributed by atoms with Crippen LogP contribution in [0, 0.1) is 11.8 Å². The van der Waals surface area contributed by atoms with Crippen LogP contribution >= 0.6 is 0 Å². The maximum atomic E-state index is 9.80. The summed E-state index contributed by atoms with van der Waals surface area (Å²) in [6.45, 7) is 2.19. The molecule has 1 saturated carbocycles. The first kappa shape index (κ1) is 4.82. The molecule has 1 fully saturated rings. The Labute approximate surface area is 43.7 Å². The van der Waals surface area contributed by atoms with Gasteiger partial charge in [0, 0.05) is 6.42 Å². The molecule has 1 aliphatic rings. The Kier molecular flexibility index (Phi) is 1.13. The van der Waals surface area contributed by atoms with E-state index in [0.717, 1.165) is 24.5 Å². The summed E-state index contributed by atoms with van der Waals surface area (Å²) in [6, 6.07) is 0. The van der Waals surface area contributed by atoms with Gasteiger partial charge in [0.1, 0.15) is 6.29 Å². The summed E-state index contributed by atoms with van der Waals surface area (Å²) < 4.78 is 0. The van der Waals surface area contributed by atoms with Gasteiger partial charge in [0.05, 0.1) is 0 Å². The highest BCUT2D eigenvalue weighted by Gasteiger charge is 2.31. The van der Waals surface area contributed by atoms with Gasteiger partial charge in [0.2, 0.25) is 0 Å². The predicted molar refractivity (Wildman–Crippen MR) is 28.0 cm³/mol. The first-order valence-electron chi connectivity index (χ1n) is 2.78. The van der Waals surface area contributed by atoms with Crippen LogP contribution < -0.4 is 0 Å². The molecule has 0 aliphatic heterocycles. The second-order valence-corrected chi connectivity index (χ2v) is 2.38. The van der Waals surface area contributed by atoms with Crippen LogP contribution in [0.25, 0.3) is 0 Å². The van der Waals surface area contributed by atoms with Gasteiger partial charge >= 0.3 is 0 Å². The zero-order chi connectivity index (χ0) is 5.28. The monoisotopic (exact) mass is 98.1 g/mol. The van der Waals surface area contributed by atoms with Crippen LogP contribution in [0.1, 0.15) is 19.8 Å². The molecule has 0 bridgehead atoms. The van der Waals surface area contributed by atoms with E-state index in [1.54, 1.807) is 0 Å². The molecule has 0 spiro atoms. The van der Waals surface area contributed by atoms with Crippen molar-refractivity contribution < 1.29 is 4.79 Å². The van der Waals surface area contributed by atoms with Gasteiger partial charge in [-0.2, -0.15) is 0 Å². The third kappa shape index (κ3) is 1.02. The molecular formula is C6H10O. The van der Waals surface area contributed by atoms with Gasteiger partial charge in [-0.1, -0.05) is 6.92 Å². The van der Waals surface area contributed by atoms with Crippen LogP contribution in [0.2, 0.25) is 0 Å². The second-order valence-electron chi connectivity index (χ2n) is 2.38. The van der Waals surface area contributed by atoms with Crippen molar-refractivity contribution in [2.45, 2.75) is 19.8 Å². The number of carbonyl (C=O) groups is 1. The molecule has 0 amide bonds. The van der Waals surface area contributed by atoms with E-state index in [1.165, 1.54) is 6.42 Å². The number of hydrogen-bond donors (Lipinski definition) is 0. The Morgan fingerprint density at radius 1 is 1.86 bits per heavy atom. The molecule has 0 heterocycles. The molecule has 40 valence electrons. The van der Waals surface area contributed by atoms with Crippen molar-refractivity contribution in [2.24, 2.45) is 11.8 Å². The first-order chi connectivity index (χ1) is 3.34. The van der Waals surface area contributed by atoms with Crippen molar-refractivity contribution in [1.29, 1.82) is 0 Å². The molecule has 7 heavy (non-hydrogen) atoms. The maximum absolute atomic E-state index is 9.80. The maximum Gasteiger partial charge on any atom is 0.120 e.